The Balaban J connectivity index is 1.54. The SMILES string of the molecule is COc1ccc(-c2cc(-c3ccc(S(C)(=O)=O)cc3)nc3c(N4c5ccccc5Sc5ccccc54)ccc(C)c23)cc1. The quantitative estimate of drug-likeness (QED) is 0.196. The first kappa shape index (κ1) is 27.3. The van der Waals surface area contributed by atoms with Crippen molar-refractivity contribution in [2.75, 3.05) is 18.3 Å². The van der Waals surface area contributed by atoms with Gasteiger partial charge in [0.15, 0.2) is 9.84 Å². The highest BCUT2D eigenvalue weighted by Gasteiger charge is 2.27. The van der Waals surface area contributed by atoms with Gasteiger partial charge in [-0.1, -0.05) is 66.4 Å². The number of aromatic nitrogens is 1. The van der Waals surface area contributed by atoms with Crippen molar-refractivity contribution in [2.45, 2.75) is 21.6 Å². The summed E-state index contributed by atoms with van der Waals surface area (Å²) in [4.78, 5) is 10.3. The van der Waals surface area contributed by atoms with E-state index in [0.29, 0.717) is 0 Å². The van der Waals surface area contributed by atoms with E-state index < -0.39 is 9.84 Å². The van der Waals surface area contributed by atoms with E-state index in [0.717, 1.165) is 61.7 Å². The van der Waals surface area contributed by atoms with Crippen molar-refractivity contribution >= 4 is 49.6 Å². The lowest BCUT2D eigenvalue weighted by Crippen LogP contribution is -2.15. The number of benzene rings is 5. The molecule has 0 radical (unpaired) electrons. The van der Waals surface area contributed by atoms with Gasteiger partial charge in [-0.25, -0.2) is 13.4 Å². The van der Waals surface area contributed by atoms with Gasteiger partial charge in [-0.05, 0) is 84.3 Å². The van der Waals surface area contributed by atoms with Crippen LogP contribution in [0.1, 0.15) is 5.56 Å². The number of fused-ring (bicyclic) bond motifs is 3. The number of sulfone groups is 1. The molecule has 0 atom stereocenters. The standard InChI is InChI=1S/C36H28N2O3S2/c1-23-12-21-32(38-30-8-4-6-10-33(30)42-34-11-7-5-9-31(34)38)36-35(23)28(24-13-17-26(41-2)18-14-24)22-29(37-36)25-15-19-27(20-16-25)43(3,39)40/h4-22H,1-3H3. The first-order valence-electron chi connectivity index (χ1n) is 13.9. The smallest absolute Gasteiger partial charge is 0.175 e. The highest BCUT2D eigenvalue weighted by Crippen LogP contribution is 2.53. The van der Waals surface area contributed by atoms with E-state index in [1.54, 1.807) is 31.0 Å². The molecular weight excluding hydrogens is 573 g/mol. The van der Waals surface area contributed by atoms with Crippen LogP contribution in [0, 0.1) is 6.92 Å². The number of pyridine rings is 1. The number of anilines is 3. The predicted molar refractivity (Wildman–Crippen MR) is 176 cm³/mol. The van der Waals surface area contributed by atoms with Gasteiger partial charge < -0.3 is 9.64 Å². The average molecular weight is 601 g/mol. The molecule has 0 N–H and O–H groups in total. The van der Waals surface area contributed by atoms with E-state index in [1.807, 2.05) is 24.3 Å². The minimum absolute atomic E-state index is 0.281. The molecule has 1 aliphatic heterocycles. The molecule has 2 heterocycles. The molecule has 7 rings (SSSR count). The van der Waals surface area contributed by atoms with Crippen molar-refractivity contribution in [2.24, 2.45) is 0 Å². The maximum Gasteiger partial charge on any atom is 0.175 e. The summed E-state index contributed by atoms with van der Waals surface area (Å²) in [5.74, 6) is 0.787. The number of hydrogen-bond donors (Lipinski definition) is 0. The largest absolute Gasteiger partial charge is 0.497 e. The molecule has 6 aromatic rings. The van der Waals surface area contributed by atoms with Crippen LogP contribution in [0.3, 0.4) is 0 Å². The lowest BCUT2D eigenvalue weighted by atomic mass is 9.94. The Morgan fingerprint density at radius 2 is 1.33 bits per heavy atom. The van der Waals surface area contributed by atoms with Gasteiger partial charge in [0.05, 0.1) is 40.3 Å². The number of ether oxygens (including phenoxy) is 1. The molecule has 0 amide bonds. The van der Waals surface area contributed by atoms with Crippen LogP contribution in [0.4, 0.5) is 17.1 Å². The minimum atomic E-state index is -3.32. The van der Waals surface area contributed by atoms with Gasteiger partial charge in [0, 0.05) is 27.0 Å². The van der Waals surface area contributed by atoms with Crippen molar-refractivity contribution in [1.29, 1.82) is 0 Å². The van der Waals surface area contributed by atoms with Crippen LogP contribution < -0.4 is 9.64 Å². The molecular formula is C36H28N2O3S2. The lowest BCUT2D eigenvalue weighted by molar-refractivity contribution is 0.415. The number of methoxy groups -OCH3 is 1. The second-order valence-corrected chi connectivity index (χ2v) is 13.7. The summed E-state index contributed by atoms with van der Waals surface area (Å²) in [6.07, 6.45) is 1.22. The monoisotopic (exact) mass is 600 g/mol. The Bertz CT molecular complexity index is 2080. The fourth-order valence-corrected chi connectivity index (χ4v) is 7.35. The fraction of sp³-hybridized carbons (Fsp3) is 0.0833. The Morgan fingerprint density at radius 3 is 1.93 bits per heavy atom. The maximum atomic E-state index is 12.2. The van der Waals surface area contributed by atoms with Crippen LogP contribution in [0.5, 0.6) is 5.75 Å². The lowest BCUT2D eigenvalue weighted by Gasteiger charge is -2.33. The normalized spacial score (nSPS) is 12.6. The number of para-hydroxylation sites is 2. The van der Waals surface area contributed by atoms with Gasteiger partial charge in [0.1, 0.15) is 5.75 Å². The molecule has 0 spiro atoms. The minimum Gasteiger partial charge on any atom is -0.497 e. The first-order valence-corrected chi connectivity index (χ1v) is 16.6. The highest BCUT2D eigenvalue weighted by molar-refractivity contribution is 7.99. The molecule has 43 heavy (non-hydrogen) atoms. The van der Waals surface area contributed by atoms with Gasteiger partial charge in [-0.3, -0.25) is 0 Å². The Morgan fingerprint density at radius 1 is 0.721 bits per heavy atom. The zero-order valence-electron chi connectivity index (χ0n) is 23.9. The molecule has 7 heteroatoms. The van der Waals surface area contributed by atoms with Crippen LogP contribution in [0.15, 0.2) is 130 Å². The fourth-order valence-electron chi connectivity index (χ4n) is 5.66. The summed E-state index contributed by atoms with van der Waals surface area (Å²) in [5.41, 5.74) is 8.85. The van der Waals surface area contributed by atoms with Gasteiger partial charge in [0.2, 0.25) is 0 Å². The highest BCUT2D eigenvalue weighted by atomic mass is 32.2. The molecule has 0 fully saturated rings. The van der Waals surface area contributed by atoms with E-state index in [9.17, 15) is 8.42 Å². The molecule has 0 saturated heterocycles. The molecule has 5 aromatic carbocycles. The first-order chi connectivity index (χ1) is 20.8. The van der Waals surface area contributed by atoms with E-state index in [2.05, 4.69) is 90.7 Å². The second kappa shape index (κ2) is 10.6. The maximum absolute atomic E-state index is 12.2. The van der Waals surface area contributed by atoms with Gasteiger partial charge in [-0.2, -0.15) is 0 Å². The van der Waals surface area contributed by atoms with Crippen LogP contribution >= 0.6 is 11.8 Å². The Kier molecular flexibility index (Phi) is 6.72. The Labute approximate surface area is 255 Å². The van der Waals surface area contributed by atoms with Crippen molar-refractivity contribution in [1.82, 2.24) is 4.98 Å². The molecule has 0 aliphatic carbocycles. The summed E-state index contributed by atoms with van der Waals surface area (Å²) in [6.45, 7) is 2.12. The van der Waals surface area contributed by atoms with Crippen LogP contribution in [0.2, 0.25) is 0 Å². The van der Waals surface area contributed by atoms with Crippen LogP contribution in [0.25, 0.3) is 33.3 Å². The average Bonchev–Trinajstić information content (AvgIpc) is 3.03. The number of aryl methyl sites for hydroxylation is 1. The molecule has 0 unspecified atom stereocenters. The number of rotatable bonds is 5. The second-order valence-electron chi connectivity index (χ2n) is 10.6. The van der Waals surface area contributed by atoms with Gasteiger partial charge in [0.25, 0.3) is 0 Å². The van der Waals surface area contributed by atoms with Crippen molar-refractivity contribution in [3.63, 3.8) is 0 Å². The van der Waals surface area contributed by atoms with E-state index in [1.165, 1.54) is 16.0 Å². The molecule has 1 aliphatic rings. The third kappa shape index (κ3) is 4.84. The van der Waals surface area contributed by atoms with Crippen molar-refractivity contribution in [3.8, 4) is 28.1 Å². The zero-order valence-corrected chi connectivity index (χ0v) is 25.5. The van der Waals surface area contributed by atoms with Crippen molar-refractivity contribution < 1.29 is 13.2 Å². The van der Waals surface area contributed by atoms with Crippen LogP contribution in [-0.4, -0.2) is 26.8 Å². The molecule has 0 saturated carbocycles. The molecule has 0 bridgehead atoms. The number of hydrogen-bond acceptors (Lipinski definition) is 6. The van der Waals surface area contributed by atoms with Crippen LogP contribution in [-0.2, 0) is 9.84 Å². The summed E-state index contributed by atoms with van der Waals surface area (Å²) >= 11 is 1.77. The van der Waals surface area contributed by atoms with E-state index >= 15 is 0 Å². The van der Waals surface area contributed by atoms with E-state index in [-0.39, 0.29) is 4.90 Å². The third-order valence-electron chi connectivity index (χ3n) is 7.80. The van der Waals surface area contributed by atoms with Gasteiger partial charge in [-0.15, -0.1) is 0 Å². The molecule has 5 nitrogen and oxygen atoms in total. The molecule has 1 aromatic heterocycles. The van der Waals surface area contributed by atoms with Gasteiger partial charge >= 0.3 is 0 Å². The number of nitrogens with zero attached hydrogens (tertiary/aromatic N) is 2. The predicted octanol–water partition coefficient (Wildman–Crippen LogP) is 9.22. The zero-order chi connectivity index (χ0) is 29.7. The summed E-state index contributed by atoms with van der Waals surface area (Å²) in [6, 6.07) is 38.4. The Hall–Kier alpha value is -4.59. The summed E-state index contributed by atoms with van der Waals surface area (Å²) in [5, 5.41) is 1.06. The van der Waals surface area contributed by atoms with Crippen molar-refractivity contribution in [3.05, 3.63) is 121 Å². The van der Waals surface area contributed by atoms with E-state index in [4.69, 9.17) is 9.72 Å². The summed E-state index contributed by atoms with van der Waals surface area (Å²) in [7, 11) is -1.65. The summed E-state index contributed by atoms with van der Waals surface area (Å²) < 4.78 is 29.8. The topological polar surface area (TPSA) is 59.5 Å². The molecule has 212 valence electrons. The third-order valence-corrected chi connectivity index (χ3v) is 10.1.